The van der Waals surface area contributed by atoms with Gasteiger partial charge in [-0.1, -0.05) is 11.6 Å². The Kier molecular flexibility index (Phi) is 5.18. The monoisotopic (exact) mass is 349 g/mol. The Balaban J connectivity index is 1.71. The number of carbonyl (C=O) groups is 1. The van der Waals surface area contributed by atoms with Crippen molar-refractivity contribution in [2.24, 2.45) is 0 Å². The third-order valence-electron chi connectivity index (χ3n) is 4.16. The van der Waals surface area contributed by atoms with Crippen molar-refractivity contribution in [2.45, 2.75) is 25.7 Å². The molecule has 1 saturated heterocycles. The molecule has 0 aliphatic carbocycles. The molecule has 1 aromatic heterocycles. The Morgan fingerprint density at radius 2 is 2.22 bits per heavy atom. The molecule has 6 heteroatoms. The van der Waals surface area contributed by atoms with Crippen LogP contribution in [-0.4, -0.2) is 35.4 Å². The van der Waals surface area contributed by atoms with Crippen LogP contribution in [0.4, 0.5) is 5.69 Å². The van der Waals surface area contributed by atoms with E-state index in [9.17, 15) is 4.79 Å². The van der Waals surface area contributed by atoms with Gasteiger partial charge in [0.25, 0.3) is 5.91 Å². The van der Waals surface area contributed by atoms with Gasteiger partial charge in [-0.25, -0.2) is 4.98 Å². The highest BCUT2D eigenvalue weighted by atomic mass is 35.5. The fourth-order valence-corrected chi connectivity index (χ4v) is 3.96. The molecule has 122 valence electrons. The van der Waals surface area contributed by atoms with E-state index in [1.807, 2.05) is 35.5 Å². The van der Waals surface area contributed by atoms with Crippen molar-refractivity contribution >= 4 is 34.5 Å². The van der Waals surface area contributed by atoms with Gasteiger partial charge in [-0.15, -0.1) is 11.3 Å². The third kappa shape index (κ3) is 3.67. The molecule has 1 aliphatic heterocycles. The van der Waals surface area contributed by atoms with Crippen molar-refractivity contribution < 1.29 is 4.79 Å². The number of nitrogens with one attached hydrogen (secondary N) is 1. The van der Waals surface area contributed by atoms with Crippen molar-refractivity contribution in [3.05, 3.63) is 45.4 Å². The van der Waals surface area contributed by atoms with Crippen LogP contribution in [0, 0.1) is 0 Å². The normalized spacial score (nSPS) is 15.7. The number of piperidine rings is 1. The number of benzene rings is 1. The summed E-state index contributed by atoms with van der Waals surface area (Å²) in [6.07, 6.45) is 3.79. The number of hydrogen-bond donors (Lipinski definition) is 1. The van der Waals surface area contributed by atoms with Crippen LogP contribution in [0.5, 0.6) is 0 Å². The number of likely N-dealkylation sites (tertiary alicyclic amines) is 1. The van der Waals surface area contributed by atoms with Crippen LogP contribution in [-0.2, 0) is 0 Å². The summed E-state index contributed by atoms with van der Waals surface area (Å²) in [6.45, 7) is 4.32. The van der Waals surface area contributed by atoms with E-state index in [-0.39, 0.29) is 5.91 Å². The van der Waals surface area contributed by atoms with Crippen LogP contribution in [0.2, 0.25) is 5.02 Å². The molecule has 1 fully saturated rings. The molecular weight excluding hydrogens is 330 g/mol. The zero-order valence-electron chi connectivity index (χ0n) is 13.1. The van der Waals surface area contributed by atoms with Crippen LogP contribution in [0.1, 0.15) is 41.0 Å². The molecule has 3 rings (SSSR count). The number of carbonyl (C=O) groups excluding carboxylic acids is 1. The number of thiazole rings is 1. The van der Waals surface area contributed by atoms with Gasteiger partial charge in [-0.3, -0.25) is 4.79 Å². The van der Waals surface area contributed by atoms with E-state index in [2.05, 4.69) is 10.3 Å². The van der Waals surface area contributed by atoms with Crippen LogP contribution < -0.4 is 5.32 Å². The maximum absolute atomic E-state index is 12.9. The van der Waals surface area contributed by atoms with Gasteiger partial charge in [-0.05, 0) is 38.0 Å². The highest BCUT2D eigenvalue weighted by molar-refractivity contribution is 7.09. The Hall–Kier alpha value is -1.59. The predicted molar refractivity (Wildman–Crippen MR) is 95.6 cm³/mol. The molecule has 1 amide bonds. The molecule has 0 unspecified atom stereocenters. The molecule has 0 spiro atoms. The van der Waals surface area contributed by atoms with Gasteiger partial charge in [0, 0.05) is 47.8 Å². The topological polar surface area (TPSA) is 45.2 Å². The Labute approximate surface area is 145 Å². The number of rotatable bonds is 4. The smallest absolute Gasteiger partial charge is 0.256 e. The summed E-state index contributed by atoms with van der Waals surface area (Å²) in [6, 6.07) is 5.45. The lowest BCUT2D eigenvalue weighted by Crippen LogP contribution is -2.38. The van der Waals surface area contributed by atoms with E-state index in [0.717, 1.165) is 38.2 Å². The number of amides is 1. The van der Waals surface area contributed by atoms with Crippen LogP contribution in [0.3, 0.4) is 0 Å². The maximum Gasteiger partial charge on any atom is 0.256 e. The standard InChI is InChI=1S/C17H20ClN3OS/c1-2-19-15-4-3-13(18)11-14(15)17(22)21-8-5-12(6-9-21)16-20-7-10-23-16/h3-4,7,10-12,19H,2,5-6,8-9H2,1H3. The van der Waals surface area contributed by atoms with E-state index >= 15 is 0 Å². The zero-order valence-corrected chi connectivity index (χ0v) is 14.7. The summed E-state index contributed by atoms with van der Waals surface area (Å²) < 4.78 is 0. The largest absolute Gasteiger partial charge is 0.385 e. The van der Waals surface area contributed by atoms with E-state index in [1.54, 1.807) is 17.4 Å². The van der Waals surface area contributed by atoms with Crippen molar-refractivity contribution in [1.82, 2.24) is 9.88 Å². The lowest BCUT2D eigenvalue weighted by atomic mass is 9.97. The second kappa shape index (κ2) is 7.32. The third-order valence-corrected chi connectivity index (χ3v) is 5.34. The summed E-state index contributed by atoms with van der Waals surface area (Å²) in [5.74, 6) is 0.535. The van der Waals surface area contributed by atoms with Gasteiger partial charge in [0.15, 0.2) is 0 Å². The lowest BCUT2D eigenvalue weighted by Gasteiger charge is -2.31. The second-order valence-corrected chi connectivity index (χ2v) is 7.02. The van der Waals surface area contributed by atoms with Crippen molar-refractivity contribution in [3.8, 4) is 0 Å². The predicted octanol–water partition coefficient (Wildman–Crippen LogP) is 4.25. The first-order valence-electron chi connectivity index (χ1n) is 7.91. The first-order chi connectivity index (χ1) is 11.2. The Morgan fingerprint density at radius 1 is 1.43 bits per heavy atom. The van der Waals surface area contributed by atoms with Crippen molar-refractivity contribution in [3.63, 3.8) is 0 Å². The highest BCUT2D eigenvalue weighted by Gasteiger charge is 2.27. The summed E-state index contributed by atoms with van der Waals surface area (Å²) in [5, 5.41) is 7.03. The van der Waals surface area contributed by atoms with Gasteiger partial charge in [-0.2, -0.15) is 0 Å². The SMILES string of the molecule is CCNc1ccc(Cl)cc1C(=O)N1CCC(c2nccs2)CC1. The molecular formula is C17H20ClN3OS. The first-order valence-corrected chi connectivity index (χ1v) is 9.17. The lowest BCUT2D eigenvalue weighted by molar-refractivity contribution is 0.0714. The van der Waals surface area contributed by atoms with Crippen LogP contribution in [0.25, 0.3) is 0 Å². The molecule has 1 aromatic carbocycles. The number of aromatic nitrogens is 1. The number of hydrogen-bond acceptors (Lipinski definition) is 4. The van der Waals surface area contributed by atoms with Crippen molar-refractivity contribution in [1.29, 1.82) is 0 Å². The molecule has 1 N–H and O–H groups in total. The van der Waals surface area contributed by atoms with Gasteiger partial charge in [0.1, 0.15) is 0 Å². The number of halogens is 1. The van der Waals surface area contributed by atoms with E-state index < -0.39 is 0 Å². The molecule has 2 heterocycles. The molecule has 4 nitrogen and oxygen atoms in total. The molecule has 23 heavy (non-hydrogen) atoms. The second-order valence-electron chi connectivity index (χ2n) is 5.66. The van der Waals surface area contributed by atoms with E-state index in [1.165, 1.54) is 5.01 Å². The van der Waals surface area contributed by atoms with E-state index in [4.69, 9.17) is 11.6 Å². The van der Waals surface area contributed by atoms with E-state index in [0.29, 0.717) is 16.5 Å². The van der Waals surface area contributed by atoms with Gasteiger partial charge >= 0.3 is 0 Å². The molecule has 2 aromatic rings. The molecule has 0 atom stereocenters. The minimum atomic E-state index is 0.0565. The van der Waals surface area contributed by atoms with Crippen molar-refractivity contribution in [2.75, 3.05) is 25.0 Å². The minimum absolute atomic E-state index is 0.0565. The highest BCUT2D eigenvalue weighted by Crippen LogP contribution is 2.31. The first kappa shape index (κ1) is 16.3. The summed E-state index contributed by atoms with van der Waals surface area (Å²) in [5.41, 5.74) is 1.51. The number of nitrogens with zero attached hydrogens (tertiary/aromatic N) is 2. The quantitative estimate of drug-likeness (QED) is 0.897. The molecule has 0 radical (unpaired) electrons. The average Bonchev–Trinajstić information content (AvgIpc) is 3.11. The summed E-state index contributed by atoms with van der Waals surface area (Å²) >= 11 is 7.79. The average molecular weight is 350 g/mol. The van der Waals surface area contributed by atoms with Gasteiger partial charge in [0.05, 0.1) is 10.6 Å². The fraction of sp³-hybridized carbons (Fsp3) is 0.412. The van der Waals surface area contributed by atoms with Crippen LogP contribution in [0.15, 0.2) is 29.8 Å². The maximum atomic E-state index is 12.9. The van der Waals surface area contributed by atoms with Crippen LogP contribution >= 0.6 is 22.9 Å². The fourth-order valence-electron chi connectivity index (χ4n) is 2.97. The number of anilines is 1. The molecule has 1 aliphatic rings. The van der Waals surface area contributed by atoms with Gasteiger partial charge < -0.3 is 10.2 Å². The Morgan fingerprint density at radius 3 is 2.87 bits per heavy atom. The molecule has 0 saturated carbocycles. The zero-order chi connectivity index (χ0) is 16.2. The Bertz CT molecular complexity index is 666. The van der Waals surface area contributed by atoms with Gasteiger partial charge in [0.2, 0.25) is 0 Å². The summed E-state index contributed by atoms with van der Waals surface area (Å²) in [4.78, 5) is 19.2. The minimum Gasteiger partial charge on any atom is -0.385 e. The molecule has 0 bridgehead atoms. The summed E-state index contributed by atoms with van der Waals surface area (Å²) in [7, 11) is 0.